The molecular formula is C61H37N5. The van der Waals surface area contributed by atoms with Gasteiger partial charge in [-0.3, -0.25) is 0 Å². The Morgan fingerprint density at radius 3 is 1.55 bits per heavy atom. The second-order valence-electron chi connectivity index (χ2n) is 16.1. The second-order valence-corrected chi connectivity index (χ2v) is 16.1. The summed E-state index contributed by atoms with van der Waals surface area (Å²) in [7, 11) is 0. The lowest BCUT2D eigenvalue weighted by Gasteiger charge is -2.18. The van der Waals surface area contributed by atoms with E-state index in [2.05, 4.69) is 115 Å². The van der Waals surface area contributed by atoms with Gasteiger partial charge in [0.2, 0.25) is 0 Å². The molecule has 0 aliphatic rings. The molecule has 11 rings (SSSR count). The van der Waals surface area contributed by atoms with Gasteiger partial charge in [-0.25, -0.2) is 15.0 Å². The van der Waals surface area contributed by atoms with Gasteiger partial charge in [-0.15, -0.1) is 0 Å². The minimum absolute atomic E-state index is 0.453. The molecular weight excluding hydrogens is 803 g/mol. The molecule has 1 aromatic heterocycles. The van der Waals surface area contributed by atoms with E-state index < -0.39 is 0 Å². The first-order valence-corrected chi connectivity index (χ1v) is 21.8. The third kappa shape index (κ3) is 7.33. The van der Waals surface area contributed by atoms with Crippen molar-refractivity contribution in [2.75, 3.05) is 0 Å². The molecule has 66 heavy (non-hydrogen) atoms. The normalized spacial score (nSPS) is 11.0. The average Bonchev–Trinajstić information content (AvgIpc) is 3.40. The van der Waals surface area contributed by atoms with Crippen molar-refractivity contribution in [3.63, 3.8) is 0 Å². The largest absolute Gasteiger partial charge is 0.208 e. The second kappa shape index (κ2) is 17.1. The van der Waals surface area contributed by atoms with Crippen molar-refractivity contribution in [3.8, 4) is 102 Å². The molecule has 5 heteroatoms. The number of hydrogen-bond acceptors (Lipinski definition) is 5. The highest BCUT2D eigenvalue weighted by molar-refractivity contribution is 6.09. The molecule has 0 fully saturated rings. The Kier molecular flexibility index (Phi) is 10.3. The van der Waals surface area contributed by atoms with Crippen LogP contribution in [-0.2, 0) is 0 Å². The molecule has 0 aliphatic carbocycles. The number of nitrogens with zero attached hydrogens (tertiary/aromatic N) is 5. The van der Waals surface area contributed by atoms with E-state index in [0.717, 1.165) is 66.8 Å². The number of hydrogen-bond donors (Lipinski definition) is 0. The van der Waals surface area contributed by atoms with Crippen LogP contribution in [0.4, 0.5) is 0 Å². The molecule has 0 aliphatic heterocycles. The first kappa shape index (κ1) is 39.5. The quantitative estimate of drug-likeness (QED) is 0.142. The molecule has 0 saturated heterocycles. The number of rotatable bonds is 8. The van der Waals surface area contributed by atoms with Gasteiger partial charge in [0.25, 0.3) is 0 Å². The summed E-state index contributed by atoms with van der Waals surface area (Å²) in [6.45, 7) is 0. The van der Waals surface area contributed by atoms with Crippen molar-refractivity contribution in [2.45, 2.75) is 0 Å². The van der Waals surface area contributed by atoms with Crippen LogP contribution in [-0.4, -0.2) is 15.0 Å². The monoisotopic (exact) mass is 839 g/mol. The van der Waals surface area contributed by atoms with Crippen LogP contribution >= 0.6 is 0 Å². The lowest BCUT2D eigenvalue weighted by atomic mass is 9.85. The van der Waals surface area contributed by atoms with Crippen LogP contribution in [0, 0.1) is 22.7 Å². The molecule has 1 heterocycles. The molecule has 0 unspecified atom stereocenters. The van der Waals surface area contributed by atoms with Crippen LogP contribution in [0.25, 0.3) is 111 Å². The summed E-state index contributed by atoms with van der Waals surface area (Å²) < 4.78 is 0. The Morgan fingerprint density at radius 2 is 0.788 bits per heavy atom. The average molecular weight is 840 g/mol. The van der Waals surface area contributed by atoms with Crippen LogP contribution in [0.5, 0.6) is 0 Å². The van der Waals surface area contributed by atoms with E-state index >= 15 is 0 Å². The molecule has 0 spiro atoms. The fourth-order valence-electron chi connectivity index (χ4n) is 9.06. The molecule has 0 N–H and O–H groups in total. The first-order chi connectivity index (χ1) is 32.6. The number of fused-ring (bicyclic) bond motifs is 3. The van der Waals surface area contributed by atoms with E-state index in [1.54, 1.807) is 0 Å². The highest BCUT2D eigenvalue weighted by atomic mass is 15.0. The van der Waals surface area contributed by atoms with Crippen LogP contribution < -0.4 is 0 Å². The predicted molar refractivity (Wildman–Crippen MR) is 268 cm³/mol. The SMILES string of the molecule is N#Cc1cc(-c2nc(-c3ccccc3)nc(-c3ccccc3-c3ccccc3-c3c(C#N)cccc3-c3cccc(-c4ccc5ccc6ccccc6c5c4)c3)n2)ccc1-c1ccccc1. The Morgan fingerprint density at radius 1 is 0.273 bits per heavy atom. The molecule has 0 bridgehead atoms. The summed E-state index contributed by atoms with van der Waals surface area (Å²) in [6.07, 6.45) is 0. The van der Waals surface area contributed by atoms with Crippen LogP contribution in [0.1, 0.15) is 11.1 Å². The van der Waals surface area contributed by atoms with Gasteiger partial charge in [-0.05, 0) is 95.9 Å². The first-order valence-electron chi connectivity index (χ1n) is 21.8. The highest BCUT2D eigenvalue weighted by Crippen LogP contribution is 2.44. The summed E-state index contributed by atoms with van der Waals surface area (Å²) in [5.74, 6) is 1.45. The Balaban J connectivity index is 1.05. The van der Waals surface area contributed by atoms with Gasteiger partial charge >= 0.3 is 0 Å². The third-order valence-corrected chi connectivity index (χ3v) is 12.2. The maximum atomic E-state index is 10.8. The maximum Gasteiger partial charge on any atom is 0.164 e. The van der Waals surface area contributed by atoms with Crippen LogP contribution in [0.2, 0.25) is 0 Å². The maximum absolute atomic E-state index is 10.8. The predicted octanol–water partition coefficient (Wildman–Crippen LogP) is 15.3. The van der Waals surface area contributed by atoms with Gasteiger partial charge in [0.05, 0.1) is 23.3 Å². The van der Waals surface area contributed by atoms with Crippen LogP contribution in [0.3, 0.4) is 0 Å². The molecule has 0 amide bonds. The smallest absolute Gasteiger partial charge is 0.164 e. The van der Waals surface area contributed by atoms with Gasteiger partial charge < -0.3 is 0 Å². The van der Waals surface area contributed by atoms with E-state index in [1.165, 1.54) is 21.5 Å². The summed E-state index contributed by atoms with van der Waals surface area (Å²) in [5.41, 5.74) is 13.0. The lowest BCUT2D eigenvalue weighted by molar-refractivity contribution is 1.07. The molecule has 10 aromatic carbocycles. The van der Waals surface area contributed by atoms with Crippen molar-refractivity contribution >= 4 is 21.5 Å². The fraction of sp³-hybridized carbons (Fsp3) is 0. The van der Waals surface area contributed by atoms with Crippen molar-refractivity contribution < 1.29 is 0 Å². The molecule has 0 radical (unpaired) electrons. The lowest BCUT2D eigenvalue weighted by Crippen LogP contribution is -2.02. The van der Waals surface area contributed by atoms with Gasteiger partial charge in [0, 0.05) is 22.3 Å². The van der Waals surface area contributed by atoms with Gasteiger partial charge in [-0.2, -0.15) is 10.5 Å². The van der Waals surface area contributed by atoms with Crippen molar-refractivity contribution in [3.05, 3.63) is 236 Å². The Hall–Kier alpha value is -9.29. The van der Waals surface area contributed by atoms with E-state index in [9.17, 15) is 10.5 Å². The Bertz CT molecular complexity index is 3730. The van der Waals surface area contributed by atoms with Crippen molar-refractivity contribution in [1.29, 1.82) is 10.5 Å². The highest BCUT2D eigenvalue weighted by Gasteiger charge is 2.21. The number of aromatic nitrogens is 3. The number of benzene rings is 10. The standard InChI is InChI=1S/C61H37N5/c62-38-48-22-14-28-52(46-21-13-20-44(35-46)45-32-31-42-30-29-41-17-7-8-23-51(41)57(42)37-45)58(48)55-26-11-9-24-53(55)54-25-10-12-27-56(54)61-65-59(43-18-5-2-6-19-43)64-60(66-61)47-33-34-50(49(36-47)39-63)40-15-3-1-4-16-40/h1-37H. The summed E-state index contributed by atoms with van der Waals surface area (Å²) in [5, 5.41) is 26.0. The van der Waals surface area contributed by atoms with E-state index in [4.69, 9.17) is 15.0 Å². The summed E-state index contributed by atoms with van der Waals surface area (Å²) in [6, 6.07) is 81.0. The van der Waals surface area contributed by atoms with Gasteiger partial charge in [0.1, 0.15) is 0 Å². The minimum Gasteiger partial charge on any atom is -0.208 e. The third-order valence-electron chi connectivity index (χ3n) is 12.2. The molecule has 0 atom stereocenters. The topological polar surface area (TPSA) is 86.2 Å². The summed E-state index contributed by atoms with van der Waals surface area (Å²) >= 11 is 0. The minimum atomic E-state index is 0.453. The van der Waals surface area contributed by atoms with E-state index in [1.807, 2.05) is 121 Å². The zero-order chi connectivity index (χ0) is 44.4. The zero-order valence-electron chi connectivity index (χ0n) is 35.6. The molecule has 0 saturated carbocycles. The molecule has 5 nitrogen and oxygen atoms in total. The molecule has 306 valence electrons. The van der Waals surface area contributed by atoms with E-state index in [-0.39, 0.29) is 0 Å². The van der Waals surface area contributed by atoms with Crippen molar-refractivity contribution in [2.24, 2.45) is 0 Å². The van der Waals surface area contributed by atoms with Gasteiger partial charge in [-0.1, -0.05) is 200 Å². The Labute approximate surface area is 382 Å². The molecule has 11 aromatic rings. The fourth-order valence-corrected chi connectivity index (χ4v) is 9.06. The van der Waals surface area contributed by atoms with Crippen molar-refractivity contribution in [1.82, 2.24) is 15.0 Å². The zero-order valence-corrected chi connectivity index (χ0v) is 35.6. The van der Waals surface area contributed by atoms with Gasteiger partial charge in [0.15, 0.2) is 17.5 Å². The summed E-state index contributed by atoms with van der Waals surface area (Å²) in [4.78, 5) is 15.3. The van der Waals surface area contributed by atoms with Crippen LogP contribution in [0.15, 0.2) is 224 Å². The number of nitriles is 2. The van der Waals surface area contributed by atoms with E-state index in [0.29, 0.717) is 34.2 Å².